The quantitative estimate of drug-likeness (QED) is 0.858. The molecule has 1 unspecified atom stereocenters. The van der Waals surface area contributed by atoms with E-state index in [0.29, 0.717) is 6.04 Å². The summed E-state index contributed by atoms with van der Waals surface area (Å²) in [5.41, 5.74) is 2.43. The molecule has 0 saturated heterocycles. The minimum atomic E-state index is 0.457. The summed E-state index contributed by atoms with van der Waals surface area (Å²) in [5, 5.41) is 8.13. The molecule has 1 aromatic heterocycles. The van der Waals surface area contributed by atoms with Gasteiger partial charge < -0.3 is 5.32 Å². The van der Waals surface area contributed by atoms with Crippen LogP contribution in [0.1, 0.15) is 32.2 Å². The highest BCUT2D eigenvalue weighted by atomic mass is 15.3. The molecule has 1 heterocycles. The second-order valence-electron chi connectivity index (χ2n) is 5.32. The first kappa shape index (κ1) is 12.4. The van der Waals surface area contributed by atoms with Crippen molar-refractivity contribution in [2.75, 3.05) is 6.54 Å². The Kier molecular flexibility index (Phi) is 3.65. The van der Waals surface area contributed by atoms with Crippen LogP contribution in [0.15, 0.2) is 42.7 Å². The topological polar surface area (TPSA) is 29.9 Å². The average Bonchev–Trinajstić information content (AvgIpc) is 3.16. The van der Waals surface area contributed by atoms with Gasteiger partial charge in [0.05, 0.1) is 12.2 Å². The van der Waals surface area contributed by atoms with E-state index in [1.807, 2.05) is 12.3 Å². The van der Waals surface area contributed by atoms with Gasteiger partial charge in [0, 0.05) is 24.3 Å². The van der Waals surface area contributed by atoms with E-state index >= 15 is 0 Å². The monoisotopic (exact) mass is 255 g/mol. The molecule has 1 atom stereocenters. The number of benzene rings is 1. The number of nitrogens with zero attached hydrogens (tertiary/aromatic N) is 2. The van der Waals surface area contributed by atoms with Gasteiger partial charge in [-0.3, -0.25) is 4.68 Å². The van der Waals surface area contributed by atoms with E-state index in [4.69, 9.17) is 0 Å². The molecule has 3 heteroatoms. The lowest BCUT2D eigenvalue weighted by atomic mass is 10.1. The van der Waals surface area contributed by atoms with Gasteiger partial charge in [-0.15, -0.1) is 0 Å². The minimum absolute atomic E-state index is 0.457. The van der Waals surface area contributed by atoms with Crippen molar-refractivity contribution in [3.8, 4) is 11.1 Å². The molecular formula is C16H21N3. The summed E-state index contributed by atoms with van der Waals surface area (Å²) in [5.74, 6) is 0. The molecule has 0 aliphatic heterocycles. The third-order valence-electron chi connectivity index (χ3n) is 3.77. The summed E-state index contributed by atoms with van der Waals surface area (Å²) in [6, 6.07) is 11.7. The molecule has 3 rings (SSSR count). The maximum absolute atomic E-state index is 4.54. The predicted molar refractivity (Wildman–Crippen MR) is 78.0 cm³/mol. The Morgan fingerprint density at radius 3 is 2.74 bits per heavy atom. The van der Waals surface area contributed by atoms with Crippen LogP contribution in [0.25, 0.3) is 11.1 Å². The second-order valence-corrected chi connectivity index (χ2v) is 5.32. The lowest BCUT2D eigenvalue weighted by Crippen LogP contribution is -2.26. The van der Waals surface area contributed by atoms with Crippen molar-refractivity contribution in [2.45, 2.75) is 38.3 Å². The lowest BCUT2D eigenvalue weighted by Gasteiger charge is -2.16. The largest absolute Gasteiger partial charge is 0.312 e. The lowest BCUT2D eigenvalue weighted by molar-refractivity contribution is 0.411. The number of rotatable bonds is 6. The molecule has 2 aromatic rings. The number of aromatic nitrogens is 2. The van der Waals surface area contributed by atoms with Crippen molar-refractivity contribution in [3.63, 3.8) is 0 Å². The van der Waals surface area contributed by atoms with Gasteiger partial charge in [-0.1, -0.05) is 37.3 Å². The molecule has 0 spiro atoms. The van der Waals surface area contributed by atoms with Crippen LogP contribution in [0.2, 0.25) is 0 Å². The molecule has 100 valence electrons. The van der Waals surface area contributed by atoms with Crippen LogP contribution >= 0.6 is 0 Å². The molecule has 3 nitrogen and oxygen atoms in total. The van der Waals surface area contributed by atoms with Crippen molar-refractivity contribution in [3.05, 3.63) is 42.7 Å². The Hall–Kier alpha value is -1.61. The Morgan fingerprint density at radius 1 is 1.26 bits per heavy atom. The first-order chi connectivity index (χ1) is 9.36. The Morgan fingerprint density at radius 2 is 2.05 bits per heavy atom. The van der Waals surface area contributed by atoms with Crippen LogP contribution in [0.3, 0.4) is 0 Å². The molecule has 1 aliphatic rings. The SMILES string of the molecule is CCC(CNC1CC1)n1cc(-c2ccccc2)cn1. The third kappa shape index (κ3) is 3.04. The summed E-state index contributed by atoms with van der Waals surface area (Å²) in [7, 11) is 0. The fourth-order valence-corrected chi connectivity index (χ4v) is 2.33. The molecule has 1 N–H and O–H groups in total. The maximum atomic E-state index is 4.54. The number of nitrogens with one attached hydrogen (secondary N) is 1. The van der Waals surface area contributed by atoms with Crippen LogP contribution in [-0.2, 0) is 0 Å². The fraction of sp³-hybridized carbons (Fsp3) is 0.438. The molecule has 1 fully saturated rings. The minimum Gasteiger partial charge on any atom is -0.312 e. The van der Waals surface area contributed by atoms with E-state index in [2.05, 4.69) is 52.5 Å². The molecule has 19 heavy (non-hydrogen) atoms. The first-order valence-electron chi connectivity index (χ1n) is 7.19. The van der Waals surface area contributed by atoms with Gasteiger partial charge in [0.15, 0.2) is 0 Å². The second kappa shape index (κ2) is 5.57. The smallest absolute Gasteiger partial charge is 0.0641 e. The normalized spacial score (nSPS) is 16.5. The van der Waals surface area contributed by atoms with Crippen molar-refractivity contribution in [2.24, 2.45) is 0 Å². The van der Waals surface area contributed by atoms with E-state index in [-0.39, 0.29) is 0 Å². The zero-order chi connectivity index (χ0) is 13.1. The maximum Gasteiger partial charge on any atom is 0.0641 e. The fourth-order valence-electron chi connectivity index (χ4n) is 2.33. The van der Waals surface area contributed by atoms with Gasteiger partial charge in [0.2, 0.25) is 0 Å². The Balaban J connectivity index is 1.71. The van der Waals surface area contributed by atoms with Gasteiger partial charge in [0.1, 0.15) is 0 Å². The predicted octanol–water partition coefficient (Wildman–Crippen LogP) is 3.25. The number of hydrogen-bond donors (Lipinski definition) is 1. The van der Waals surface area contributed by atoms with E-state index in [9.17, 15) is 0 Å². The highest BCUT2D eigenvalue weighted by molar-refractivity contribution is 5.61. The van der Waals surface area contributed by atoms with Crippen LogP contribution in [0, 0.1) is 0 Å². The van der Waals surface area contributed by atoms with Crippen LogP contribution in [0.5, 0.6) is 0 Å². The Labute approximate surface area is 114 Å². The standard InChI is InChI=1S/C16H21N3/c1-2-16(11-17-15-8-9-15)19-12-14(10-18-19)13-6-4-3-5-7-13/h3-7,10,12,15-17H,2,8-9,11H2,1H3. The first-order valence-corrected chi connectivity index (χ1v) is 7.19. The average molecular weight is 255 g/mol. The van der Waals surface area contributed by atoms with Gasteiger partial charge in [-0.25, -0.2) is 0 Å². The van der Waals surface area contributed by atoms with Gasteiger partial charge in [-0.2, -0.15) is 5.10 Å². The molecule has 0 amide bonds. The van der Waals surface area contributed by atoms with Gasteiger partial charge in [0.25, 0.3) is 0 Å². The summed E-state index contributed by atoms with van der Waals surface area (Å²) in [4.78, 5) is 0. The summed E-state index contributed by atoms with van der Waals surface area (Å²) >= 11 is 0. The highest BCUT2D eigenvalue weighted by Crippen LogP contribution is 2.22. The van der Waals surface area contributed by atoms with Crippen LogP contribution in [-0.4, -0.2) is 22.4 Å². The van der Waals surface area contributed by atoms with Crippen LogP contribution < -0.4 is 5.32 Å². The zero-order valence-corrected chi connectivity index (χ0v) is 11.4. The molecule has 1 aromatic carbocycles. The zero-order valence-electron chi connectivity index (χ0n) is 11.4. The van der Waals surface area contributed by atoms with E-state index < -0.39 is 0 Å². The molecular weight excluding hydrogens is 234 g/mol. The third-order valence-corrected chi connectivity index (χ3v) is 3.77. The summed E-state index contributed by atoms with van der Waals surface area (Å²) in [6.45, 7) is 3.25. The van der Waals surface area contributed by atoms with Gasteiger partial charge >= 0.3 is 0 Å². The molecule has 0 bridgehead atoms. The van der Waals surface area contributed by atoms with E-state index in [1.54, 1.807) is 0 Å². The van der Waals surface area contributed by atoms with Gasteiger partial charge in [-0.05, 0) is 24.8 Å². The van der Waals surface area contributed by atoms with E-state index in [1.165, 1.54) is 24.0 Å². The van der Waals surface area contributed by atoms with Crippen molar-refractivity contribution >= 4 is 0 Å². The highest BCUT2D eigenvalue weighted by Gasteiger charge is 2.22. The van der Waals surface area contributed by atoms with Crippen LogP contribution in [0.4, 0.5) is 0 Å². The summed E-state index contributed by atoms with van der Waals surface area (Å²) < 4.78 is 2.11. The van der Waals surface area contributed by atoms with E-state index in [0.717, 1.165) is 19.0 Å². The molecule has 1 aliphatic carbocycles. The summed E-state index contributed by atoms with van der Waals surface area (Å²) in [6.07, 6.45) is 7.92. The number of hydrogen-bond acceptors (Lipinski definition) is 2. The van der Waals surface area contributed by atoms with Crippen molar-refractivity contribution in [1.82, 2.24) is 15.1 Å². The molecule has 1 saturated carbocycles. The molecule has 0 radical (unpaired) electrons. The van der Waals surface area contributed by atoms with Crippen molar-refractivity contribution in [1.29, 1.82) is 0 Å². The Bertz CT molecular complexity index is 514. The van der Waals surface area contributed by atoms with Crippen molar-refractivity contribution < 1.29 is 0 Å².